The molecular formula is C28H17F6N5O2. The number of nitro groups is 1. The van der Waals surface area contributed by atoms with Gasteiger partial charge in [0.25, 0.3) is 5.69 Å². The van der Waals surface area contributed by atoms with Gasteiger partial charge in [-0.1, -0.05) is 30.3 Å². The lowest BCUT2D eigenvalue weighted by Gasteiger charge is -2.08. The number of rotatable bonds is 3. The number of fused-ring (bicyclic) bond motifs is 2. The van der Waals surface area contributed by atoms with E-state index in [9.17, 15) is 36.5 Å². The Morgan fingerprint density at radius 1 is 0.610 bits per heavy atom. The van der Waals surface area contributed by atoms with Crippen molar-refractivity contribution >= 4 is 27.5 Å². The number of nitro benzene ring substituents is 1. The number of hydrogen-bond donors (Lipinski definition) is 0. The topological polar surface area (TPSA) is 78.8 Å². The highest BCUT2D eigenvalue weighted by Gasteiger charge is 2.31. The SMILES string of the molecule is FC(F)(F)c1cccc(-n2cc3ccccc3n2)c1.O=[N+]([O-])c1ccc2nn(-c3cccc(C(F)(F)F)c3)cc2c1. The minimum atomic E-state index is -4.44. The van der Waals surface area contributed by atoms with Gasteiger partial charge in [0, 0.05) is 35.3 Å². The standard InChI is InChI=1S/C14H8F3N3O2.C14H9F3N2/c15-14(16,17)10-2-1-3-11(7-10)19-8-9-6-12(20(21)22)4-5-13(9)18-19;15-14(16,17)11-5-3-6-12(8-11)19-9-10-4-1-2-7-13(10)18-19/h1-8H;1-9H. The first-order chi connectivity index (χ1) is 19.4. The van der Waals surface area contributed by atoms with Crippen LogP contribution in [0.15, 0.2) is 103 Å². The molecule has 0 aliphatic heterocycles. The van der Waals surface area contributed by atoms with E-state index in [4.69, 9.17) is 0 Å². The molecule has 0 atom stereocenters. The smallest absolute Gasteiger partial charge is 0.258 e. The van der Waals surface area contributed by atoms with Gasteiger partial charge in [-0.2, -0.15) is 36.5 Å². The monoisotopic (exact) mass is 569 g/mol. The van der Waals surface area contributed by atoms with Crippen molar-refractivity contribution in [3.05, 3.63) is 125 Å². The molecule has 0 fully saturated rings. The molecule has 0 aliphatic carbocycles. The number of hydrogen-bond acceptors (Lipinski definition) is 4. The molecule has 0 amide bonds. The Balaban J connectivity index is 0.000000166. The molecule has 4 aromatic carbocycles. The van der Waals surface area contributed by atoms with E-state index in [0.29, 0.717) is 16.6 Å². The maximum atomic E-state index is 12.7. The second-order valence-corrected chi connectivity index (χ2v) is 8.80. The predicted molar refractivity (Wildman–Crippen MR) is 139 cm³/mol. The van der Waals surface area contributed by atoms with E-state index in [-0.39, 0.29) is 11.4 Å². The molecule has 0 spiro atoms. The van der Waals surface area contributed by atoms with Crippen LogP contribution in [0.3, 0.4) is 0 Å². The van der Waals surface area contributed by atoms with Crippen LogP contribution in [0.2, 0.25) is 0 Å². The molecule has 0 N–H and O–H groups in total. The summed E-state index contributed by atoms with van der Waals surface area (Å²) in [6.07, 6.45) is -5.62. The second-order valence-electron chi connectivity index (χ2n) is 8.80. The lowest BCUT2D eigenvalue weighted by atomic mass is 10.2. The molecular weight excluding hydrogens is 552 g/mol. The van der Waals surface area contributed by atoms with Gasteiger partial charge in [-0.3, -0.25) is 10.1 Å². The van der Waals surface area contributed by atoms with Crippen molar-refractivity contribution in [2.45, 2.75) is 12.4 Å². The van der Waals surface area contributed by atoms with Crippen LogP contribution in [-0.2, 0) is 12.4 Å². The Morgan fingerprint density at radius 3 is 1.63 bits per heavy atom. The summed E-state index contributed by atoms with van der Waals surface area (Å²) in [4.78, 5) is 10.2. The summed E-state index contributed by atoms with van der Waals surface area (Å²) in [5.74, 6) is 0. The number of non-ortho nitro benzene ring substituents is 1. The lowest BCUT2D eigenvalue weighted by molar-refractivity contribution is -0.384. The Hall–Kier alpha value is -5.20. The first-order valence-electron chi connectivity index (χ1n) is 11.8. The van der Waals surface area contributed by atoms with Gasteiger partial charge < -0.3 is 0 Å². The molecule has 0 radical (unpaired) electrons. The van der Waals surface area contributed by atoms with Crippen molar-refractivity contribution in [1.82, 2.24) is 19.6 Å². The summed E-state index contributed by atoms with van der Waals surface area (Å²) in [5, 5.41) is 20.5. The Labute approximate surface area is 227 Å². The van der Waals surface area contributed by atoms with Crippen LogP contribution in [0.25, 0.3) is 33.2 Å². The summed E-state index contributed by atoms with van der Waals surface area (Å²) in [7, 11) is 0. The molecule has 0 aliphatic rings. The summed E-state index contributed by atoms with van der Waals surface area (Å²) in [5.41, 5.74) is 0.277. The summed E-state index contributed by atoms with van der Waals surface area (Å²) < 4.78 is 78.9. The van der Waals surface area contributed by atoms with E-state index in [1.807, 2.05) is 24.3 Å². The fourth-order valence-electron chi connectivity index (χ4n) is 4.01. The van der Waals surface area contributed by atoms with Gasteiger partial charge in [0.05, 0.1) is 38.5 Å². The van der Waals surface area contributed by atoms with Gasteiger partial charge in [0.1, 0.15) is 0 Å². The highest BCUT2D eigenvalue weighted by molar-refractivity contribution is 5.81. The molecule has 0 bridgehead atoms. The highest BCUT2D eigenvalue weighted by atomic mass is 19.4. The average Bonchev–Trinajstić information content (AvgIpc) is 3.57. The van der Waals surface area contributed by atoms with Crippen LogP contribution in [0.1, 0.15) is 11.1 Å². The Kier molecular flexibility index (Phi) is 6.95. The minimum Gasteiger partial charge on any atom is -0.258 e. The fourth-order valence-corrected chi connectivity index (χ4v) is 4.01. The molecule has 41 heavy (non-hydrogen) atoms. The third kappa shape index (κ3) is 6.03. The fraction of sp³-hybridized carbons (Fsp3) is 0.0714. The molecule has 0 saturated carbocycles. The first kappa shape index (κ1) is 27.4. The lowest BCUT2D eigenvalue weighted by Crippen LogP contribution is -2.06. The van der Waals surface area contributed by atoms with Crippen molar-refractivity contribution < 1.29 is 31.3 Å². The van der Waals surface area contributed by atoms with Gasteiger partial charge in [-0.15, -0.1) is 0 Å². The molecule has 7 nitrogen and oxygen atoms in total. The van der Waals surface area contributed by atoms with E-state index in [2.05, 4.69) is 10.2 Å². The van der Waals surface area contributed by atoms with Crippen molar-refractivity contribution in [3.63, 3.8) is 0 Å². The van der Waals surface area contributed by atoms with Crippen molar-refractivity contribution in [1.29, 1.82) is 0 Å². The van der Waals surface area contributed by atoms with Crippen molar-refractivity contribution in [3.8, 4) is 11.4 Å². The van der Waals surface area contributed by atoms with Crippen LogP contribution in [0, 0.1) is 10.1 Å². The van der Waals surface area contributed by atoms with Crippen LogP contribution in [-0.4, -0.2) is 24.5 Å². The first-order valence-corrected chi connectivity index (χ1v) is 11.8. The zero-order valence-corrected chi connectivity index (χ0v) is 20.6. The van der Waals surface area contributed by atoms with E-state index < -0.39 is 28.4 Å². The normalized spacial score (nSPS) is 11.9. The molecule has 2 aromatic heterocycles. The molecule has 6 rings (SSSR count). The quantitative estimate of drug-likeness (QED) is 0.123. The van der Waals surface area contributed by atoms with Crippen LogP contribution in [0.4, 0.5) is 32.0 Å². The maximum absolute atomic E-state index is 12.7. The van der Waals surface area contributed by atoms with Crippen molar-refractivity contribution in [2.75, 3.05) is 0 Å². The van der Waals surface area contributed by atoms with Crippen molar-refractivity contribution in [2.24, 2.45) is 0 Å². The summed E-state index contributed by atoms with van der Waals surface area (Å²) >= 11 is 0. The number of nitrogens with zero attached hydrogens (tertiary/aromatic N) is 5. The molecule has 2 heterocycles. The van der Waals surface area contributed by atoms with Gasteiger partial charge in [-0.25, -0.2) is 9.36 Å². The summed E-state index contributed by atoms with van der Waals surface area (Å²) in [6, 6.07) is 21.3. The van der Waals surface area contributed by atoms with Gasteiger partial charge in [-0.05, 0) is 48.5 Å². The van der Waals surface area contributed by atoms with E-state index in [1.165, 1.54) is 52.0 Å². The Bertz CT molecular complexity index is 1840. The van der Waals surface area contributed by atoms with Crippen LogP contribution >= 0.6 is 0 Å². The largest absolute Gasteiger partial charge is 0.416 e. The third-order valence-corrected chi connectivity index (χ3v) is 5.99. The number of alkyl halides is 6. The zero-order valence-electron chi connectivity index (χ0n) is 20.6. The van der Waals surface area contributed by atoms with Gasteiger partial charge in [0.2, 0.25) is 0 Å². The highest BCUT2D eigenvalue weighted by Crippen LogP contribution is 2.32. The summed E-state index contributed by atoms with van der Waals surface area (Å²) in [6.45, 7) is 0. The molecule has 0 unspecified atom stereocenters. The number of halogens is 6. The average molecular weight is 569 g/mol. The maximum Gasteiger partial charge on any atom is 0.416 e. The number of benzene rings is 4. The van der Waals surface area contributed by atoms with E-state index in [0.717, 1.165) is 35.2 Å². The second kappa shape index (κ2) is 10.4. The van der Waals surface area contributed by atoms with Gasteiger partial charge in [0.15, 0.2) is 0 Å². The predicted octanol–water partition coefficient (Wildman–Crippen LogP) is 8.00. The van der Waals surface area contributed by atoms with E-state index >= 15 is 0 Å². The molecule has 0 saturated heterocycles. The van der Waals surface area contributed by atoms with Crippen LogP contribution in [0.5, 0.6) is 0 Å². The molecule has 208 valence electrons. The molecule has 6 aromatic rings. The van der Waals surface area contributed by atoms with Crippen LogP contribution < -0.4 is 0 Å². The Morgan fingerprint density at radius 2 is 1.12 bits per heavy atom. The number of aromatic nitrogens is 4. The minimum absolute atomic E-state index is 0.101. The van der Waals surface area contributed by atoms with Gasteiger partial charge >= 0.3 is 12.4 Å². The third-order valence-electron chi connectivity index (χ3n) is 5.99. The molecule has 13 heteroatoms. The van der Waals surface area contributed by atoms with E-state index in [1.54, 1.807) is 12.3 Å². The zero-order chi connectivity index (χ0) is 29.4.